The van der Waals surface area contributed by atoms with Gasteiger partial charge in [-0.2, -0.15) is 0 Å². The van der Waals surface area contributed by atoms with E-state index in [9.17, 15) is 18.0 Å². The number of anilines is 1. The number of aryl methyl sites for hydroxylation is 1. The van der Waals surface area contributed by atoms with Crippen LogP contribution in [0.2, 0.25) is 0 Å². The first-order valence-electron chi connectivity index (χ1n) is 11.7. The van der Waals surface area contributed by atoms with Crippen molar-refractivity contribution < 1.29 is 22.7 Å². The van der Waals surface area contributed by atoms with Gasteiger partial charge in [0, 0.05) is 37.0 Å². The minimum Gasteiger partial charge on any atom is -0.494 e. The van der Waals surface area contributed by atoms with E-state index in [1.807, 2.05) is 24.0 Å². The summed E-state index contributed by atoms with van der Waals surface area (Å²) in [5, 5.41) is 2.92. The lowest BCUT2D eigenvalue weighted by atomic mass is 9.91. The molecule has 2 unspecified atom stereocenters. The molecule has 1 N–H and O–H groups in total. The van der Waals surface area contributed by atoms with Crippen LogP contribution in [-0.4, -0.2) is 51.1 Å². The minimum absolute atomic E-state index is 0.00388. The summed E-state index contributed by atoms with van der Waals surface area (Å²) in [7, 11) is -3.24. The first-order chi connectivity index (χ1) is 16.0. The molecule has 0 bridgehead atoms. The molecule has 1 fully saturated rings. The lowest BCUT2D eigenvalue weighted by Gasteiger charge is -2.35. The molecule has 184 valence electrons. The second kappa shape index (κ2) is 11.0. The quantitative estimate of drug-likeness (QED) is 0.561. The predicted molar refractivity (Wildman–Crippen MR) is 133 cm³/mol. The molecule has 0 radical (unpaired) electrons. The summed E-state index contributed by atoms with van der Waals surface area (Å²) >= 11 is 0. The predicted octanol–water partition coefficient (Wildman–Crippen LogP) is 4.31. The van der Waals surface area contributed by atoms with Gasteiger partial charge in [-0.3, -0.25) is 9.59 Å². The summed E-state index contributed by atoms with van der Waals surface area (Å²) in [6.45, 7) is 8.09. The third kappa shape index (κ3) is 7.06. The van der Waals surface area contributed by atoms with Gasteiger partial charge in [0.25, 0.3) is 5.91 Å². The molecule has 2 amide bonds. The summed E-state index contributed by atoms with van der Waals surface area (Å²) in [4.78, 5) is 27.6. The van der Waals surface area contributed by atoms with Gasteiger partial charge in [-0.1, -0.05) is 19.9 Å². The lowest BCUT2D eigenvalue weighted by Crippen LogP contribution is -2.42. The maximum absolute atomic E-state index is 13.0. The van der Waals surface area contributed by atoms with Crippen LogP contribution in [0.15, 0.2) is 47.4 Å². The molecule has 0 saturated carbocycles. The van der Waals surface area contributed by atoms with E-state index in [1.165, 1.54) is 12.1 Å². The molecule has 2 atom stereocenters. The summed E-state index contributed by atoms with van der Waals surface area (Å²) in [6.07, 6.45) is 3.05. The molecule has 1 heterocycles. The van der Waals surface area contributed by atoms with Crippen molar-refractivity contribution in [3.63, 3.8) is 0 Å². The molecule has 1 saturated heterocycles. The number of carbonyl (C=O) groups is 2. The van der Waals surface area contributed by atoms with Crippen LogP contribution in [-0.2, 0) is 14.6 Å². The highest BCUT2D eigenvalue weighted by Gasteiger charge is 2.26. The van der Waals surface area contributed by atoms with Gasteiger partial charge in [0.15, 0.2) is 9.84 Å². The average molecular weight is 487 g/mol. The molecule has 8 heteroatoms. The monoisotopic (exact) mass is 486 g/mol. The number of amides is 2. The Morgan fingerprint density at radius 3 is 2.32 bits per heavy atom. The van der Waals surface area contributed by atoms with Gasteiger partial charge in [-0.25, -0.2) is 8.42 Å². The smallest absolute Gasteiger partial charge is 0.253 e. The first kappa shape index (κ1) is 25.7. The van der Waals surface area contributed by atoms with Crippen molar-refractivity contribution in [3.05, 3.63) is 53.6 Å². The molecule has 0 aromatic heterocycles. The Kier molecular flexibility index (Phi) is 8.36. The fourth-order valence-corrected chi connectivity index (χ4v) is 4.95. The summed E-state index contributed by atoms with van der Waals surface area (Å²) in [6, 6.07) is 11.7. The number of sulfone groups is 1. The van der Waals surface area contributed by atoms with Crippen molar-refractivity contribution in [1.29, 1.82) is 0 Å². The van der Waals surface area contributed by atoms with E-state index in [0.717, 1.165) is 31.3 Å². The van der Waals surface area contributed by atoms with Crippen LogP contribution < -0.4 is 10.1 Å². The van der Waals surface area contributed by atoms with Crippen molar-refractivity contribution in [1.82, 2.24) is 4.90 Å². The fourth-order valence-electron chi connectivity index (χ4n) is 4.32. The second-order valence-corrected chi connectivity index (χ2v) is 11.4. The van der Waals surface area contributed by atoms with Crippen LogP contribution in [0.3, 0.4) is 0 Å². The number of hydrogen-bond donors (Lipinski definition) is 1. The van der Waals surface area contributed by atoms with E-state index in [0.29, 0.717) is 41.9 Å². The van der Waals surface area contributed by atoms with Crippen molar-refractivity contribution in [3.8, 4) is 5.75 Å². The average Bonchev–Trinajstić information content (AvgIpc) is 2.77. The van der Waals surface area contributed by atoms with Crippen LogP contribution >= 0.6 is 0 Å². The van der Waals surface area contributed by atoms with Crippen LogP contribution in [0.4, 0.5) is 5.69 Å². The van der Waals surface area contributed by atoms with Gasteiger partial charge in [0.1, 0.15) is 5.75 Å². The number of rotatable bonds is 8. The fraction of sp³-hybridized carbons (Fsp3) is 0.462. The van der Waals surface area contributed by atoms with Crippen molar-refractivity contribution in [2.45, 2.75) is 44.9 Å². The highest BCUT2D eigenvalue weighted by molar-refractivity contribution is 7.90. The van der Waals surface area contributed by atoms with E-state index in [1.54, 1.807) is 18.2 Å². The van der Waals surface area contributed by atoms with Gasteiger partial charge in [-0.15, -0.1) is 0 Å². The van der Waals surface area contributed by atoms with Gasteiger partial charge in [0.2, 0.25) is 5.91 Å². The van der Waals surface area contributed by atoms with Crippen LogP contribution in [0.1, 0.15) is 49.0 Å². The summed E-state index contributed by atoms with van der Waals surface area (Å²) in [5.41, 5.74) is 2.13. The standard InChI is InChI=1S/C26H34N2O5S/c1-18-14-19(2)17-28(16-18)26(30)21-8-7-20(3)24(15-21)27-25(29)6-5-13-33-22-9-11-23(12-10-22)34(4,31)32/h7-12,15,18-19H,5-6,13-14,16-17H2,1-4H3,(H,27,29). The highest BCUT2D eigenvalue weighted by atomic mass is 32.2. The molecule has 1 aliphatic heterocycles. The van der Waals surface area contributed by atoms with E-state index >= 15 is 0 Å². The van der Waals surface area contributed by atoms with Gasteiger partial charge in [-0.05, 0) is 73.6 Å². The Bertz CT molecular complexity index is 1120. The number of hydrogen-bond acceptors (Lipinski definition) is 5. The van der Waals surface area contributed by atoms with Gasteiger partial charge >= 0.3 is 0 Å². The summed E-state index contributed by atoms with van der Waals surface area (Å²) in [5.74, 6) is 1.37. The third-order valence-corrected chi connectivity index (χ3v) is 7.11. The SMILES string of the molecule is Cc1ccc(C(=O)N2CC(C)CC(C)C2)cc1NC(=O)CCCOc1ccc(S(C)(=O)=O)cc1. The van der Waals surface area contributed by atoms with Crippen LogP contribution in [0.5, 0.6) is 5.75 Å². The third-order valence-electron chi connectivity index (χ3n) is 5.98. The Balaban J connectivity index is 1.51. The number of carbonyl (C=O) groups excluding carboxylic acids is 2. The second-order valence-electron chi connectivity index (χ2n) is 9.43. The van der Waals surface area contributed by atoms with Crippen molar-refractivity contribution in [2.75, 3.05) is 31.3 Å². The van der Waals surface area contributed by atoms with Crippen LogP contribution in [0.25, 0.3) is 0 Å². The molecular formula is C26H34N2O5S. The molecular weight excluding hydrogens is 452 g/mol. The topological polar surface area (TPSA) is 92.8 Å². The molecule has 0 aliphatic carbocycles. The number of ether oxygens (including phenoxy) is 1. The molecule has 0 spiro atoms. The van der Waals surface area contributed by atoms with E-state index in [-0.39, 0.29) is 23.1 Å². The van der Waals surface area contributed by atoms with E-state index in [2.05, 4.69) is 19.2 Å². The zero-order chi connectivity index (χ0) is 24.9. The molecule has 3 rings (SSSR count). The maximum Gasteiger partial charge on any atom is 0.253 e. The molecule has 7 nitrogen and oxygen atoms in total. The Hall–Kier alpha value is -2.87. The molecule has 2 aromatic rings. The number of piperidine rings is 1. The Morgan fingerprint density at radius 1 is 1.06 bits per heavy atom. The number of nitrogens with zero attached hydrogens (tertiary/aromatic N) is 1. The zero-order valence-corrected chi connectivity index (χ0v) is 21.2. The van der Waals surface area contributed by atoms with Crippen LogP contribution in [0, 0.1) is 18.8 Å². The largest absolute Gasteiger partial charge is 0.494 e. The summed E-state index contributed by atoms with van der Waals surface area (Å²) < 4.78 is 28.6. The molecule has 34 heavy (non-hydrogen) atoms. The Labute approximate surface area is 202 Å². The van der Waals surface area contributed by atoms with Crippen molar-refractivity contribution >= 4 is 27.3 Å². The highest BCUT2D eigenvalue weighted by Crippen LogP contribution is 2.24. The minimum atomic E-state index is -3.24. The maximum atomic E-state index is 13.0. The van der Waals surface area contributed by atoms with Gasteiger partial charge in [0.05, 0.1) is 11.5 Å². The Morgan fingerprint density at radius 2 is 1.71 bits per heavy atom. The number of nitrogens with one attached hydrogen (secondary N) is 1. The first-order valence-corrected chi connectivity index (χ1v) is 13.5. The molecule has 1 aliphatic rings. The van der Waals surface area contributed by atoms with E-state index in [4.69, 9.17) is 4.74 Å². The normalized spacial score (nSPS) is 18.4. The van der Waals surface area contributed by atoms with Gasteiger partial charge < -0.3 is 15.0 Å². The lowest BCUT2D eigenvalue weighted by molar-refractivity contribution is -0.116. The van der Waals surface area contributed by atoms with E-state index < -0.39 is 9.84 Å². The zero-order valence-electron chi connectivity index (χ0n) is 20.3. The number of benzene rings is 2. The number of likely N-dealkylation sites (tertiary alicyclic amines) is 1. The van der Waals surface area contributed by atoms with Crippen molar-refractivity contribution in [2.24, 2.45) is 11.8 Å². The molecule has 2 aromatic carbocycles.